The maximum absolute atomic E-state index is 12.8. The van der Waals surface area contributed by atoms with Crippen molar-refractivity contribution in [2.45, 2.75) is 245 Å². The van der Waals surface area contributed by atoms with E-state index in [0.29, 0.717) is 19.3 Å². The Morgan fingerprint density at radius 2 is 0.615 bits per heavy atom. The Balaban J connectivity index is 4.50. The largest absolute Gasteiger partial charge is 0.462 e. The summed E-state index contributed by atoms with van der Waals surface area (Å²) in [6.07, 6.45) is 69.6. The highest BCUT2D eigenvalue weighted by atomic mass is 16.6. The number of carbonyl (C=O) groups is 3. The molecule has 0 aromatic rings. The maximum atomic E-state index is 12.8. The van der Waals surface area contributed by atoms with E-state index < -0.39 is 6.10 Å². The number of rotatable bonds is 47. The second kappa shape index (κ2) is 52.9. The first-order chi connectivity index (χ1) is 32.0. The van der Waals surface area contributed by atoms with Gasteiger partial charge in [-0.25, -0.2) is 0 Å². The van der Waals surface area contributed by atoms with Gasteiger partial charge in [0, 0.05) is 19.3 Å². The van der Waals surface area contributed by atoms with Gasteiger partial charge >= 0.3 is 17.9 Å². The minimum absolute atomic E-state index is 0.0997. The van der Waals surface area contributed by atoms with Crippen molar-refractivity contribution in [1.82, 2.24) is 0 Å². The van der Waals surface area contributed by atoms with Crippen LogP contribution in [0.3, 0.4) is 0 Å². The van der Waals surface area contributed by atoms with E-state index in [1.807, 2.05) is 0 Å². The normalized spacial score (nSPS) is 12.8. The van der Waals surface area contributed by atoms with E-state index in [-0.39, 0.29) is 37.5 Å². The first-order valence-electron chi connectivity index (χ1n) is 26.7. The molecule has 0 heterocycles. The van der Waals surface area contributed by atoms with Gasteiger partial charge in [0.1, 0.15) is 13.2 Å². The van der Waals surface area contributed by atoms with E-state index in [4.69, 9.17) is 14.2 Å². The van der Waals surface area contributed by atoms with Gasteiger partial charge in [0.05, 0.1) is 0 Å². The van der Waals surface area contributed by atoms with Crippen molar-refractivity contribution in [2.24, 2.45) is 0 Å². The van der Waals surface area contributed by atoms with Crippen LogP contribution in [0, 0.1) is 0 Å². The molecule has 6 nitrogen and oxygen atoms in total. The Labute approximate surface area is 400 Å². The van der Waals surface area contributed by atoms with Crippen molar-refractivity contribution < 1.29 is 28.6 Å². The average molecular weight is 903 g/mol. The monoisotopic (exact) mass is 903 g/mol. The standard InChI is InChI=1S/C59H98O6/c1-4-7-10-13-16-19-22-25-28-30-32-34-37-40-43-46-49-52-58(61)64-55-56(54-63-57(60)51-48-45-42-39-36-33-27-24-21-18-15-12-9-6-3)65-59(62)53-50-47-44-41-38-35-31-29-26-23-20-17-14-11-8-5-2/h7-8,10-11,16-17,19-20,25-26,28-29,32,34,40,43,56H,4-6,9,12-15,18,21-24,27,30-31,33,35-39,41-42,44-55H2,1-3H3/b10-7-,11-8-,19-16-,20-17-,28-25-,29-26-,34-32-,43-40-. The zero-order valence-electron chi connectivity index (χ0n) is 42.2. The molecule has 0 N–H and O–H groups in total. The maximum Gasteiger partial charge on any atom is 0.306 e. The lowest BCUT2D eigenvalue weighted by Gasteiger charge is -2.18. The molecular weight excluding hydrogens is 805 g/mol. The van der Waals surface area contributed by atoms with Crippen LogP contribution in [0.4, 0.5) is 0 Å². The third kappa shape index (κ3) is 51.2. The lowest BCUT2D eigenvalue weighted by Crippen LogP contribution is -2.30. The summed E-state index contributed by atoms with van der Waals surface area (Å²) in [7, 11) is 0. The van der Waals surface area contributed by atoms with Gasteiger partial charge in [-0.3, -0.25) is 14.4 Å². The molecule has 6 heteroatoms. The van der Waals surface area contributed by atoms with Gasteiger partial charge < -0.3 is 14.2 Å². The summed E-state index contributed by atoms with van der Waals surface area (Å²) in [6, 6.07) is 0. The second-order valence-electron chi connectivity index (χ2n) is 17.4. The molecule has 0 aliphatic heterocycles. The third-order valence-corrected chi connectivity index (χ3v) is 11.1. The molecule has 0 saturated carbocycles. The topological polar surface area (TPSA) is 78.9 Å². The Morgan fingerprint density at radius 3 is 1.00 bits per heavy atom. The Bertz CT molecular complexity index is 1310. The lowest BCUT2D eigenvalue weighted by molar-refractivity contribution is -0.167. The fourth-order valence-corrected chi connectivity index (χ4v) is 7.14. The van der Waals surface area contributed by atoms with E-state index >= 15 is 0 Å². The quantitative estimate of drug-likeness (QED) is 0.0262. The number of ether oxygens (including phenoxy) is 3. The summed E-state index contributed by atoms with van der Waals surface area (Å²) in [5.41, 5.74) is 0. The molecule has 0 rings (SSSR count). The molecule has 0 spiro atoms. The van der Waals surface area contributed by atoms with E-state index in [2.05, 4.69) is 118 Å². The van der Waals surface area contributed by atoms with Crippen molar-refractivity contribution >= 4 is 17.9 Å². The van der Waals surface area contributed by atoms with E-state index in [9.17, 15) is 14.4 Å². The smallest absolute Gasteiger partial charge is 0.306 e. The first-order valence-corrected chi connectivity index (χ1v) is 26.7. The number of carbonyl (C=O) groups excluding carboxylic acids is 3. The average Bonchev–Trinajstić information content (AvgIpc) is 3.30. The van der Waals surface area contributed by atoms with Crippen LogP contribution in [-0.2, 0) is 28.6 Å². The van der Waals surface area contributed by atoms with Crippen LogP contribution in [0.25, 0.3) is 0 Å². The summed E-state index contributed by atoms with van der Waals surface area (Å²) in [5.74, 6) is -0.973. The third-order valence-electron chi connectivity index (χ3n) is 11.1. The van der Waals surface area contributed by atoms with E-state index in [1.54, 1.807) is 0 Å². The Kier molecular flexibility index (Phi) is 50.0. The summed E-state index contributed by atoms with van der Waals surface area (Å²) in [5, 5.41) is 0. The SMILES string of the molecule is CC/C=C\C/C=C\C/C=C\C/C=C\C/C=C\CCCC(=O)OCC(COC(=O)CCCCCCCCCCCCCCCC)OC(=O)CCCCCCCC/C=C\C/C=C\C/C=C\CC. The molecule has 65 heavy (non-hydrogen) atoms. The van der Waals surface area contributed by atoms with Gasteiger partial charge in [-0.1, -0.05) is 227 Å². The van der Waals surface area contributed by atoms with E-state index in [1.165, 1.54) is 83.5 Å². The molecule has 370 valence electrons. The van der Waals surface area contributed by atoms with Crippen LogP contribution in [0.15, 0.2) is 97.2 Å². The van der Waals surface area contributed by atoms with Crippen molar-refractivity contribution in [3.8, 4) is 0 Å². The van der Waals surface area contributed by atoms with Crippen LogP contribution in [0.5, 0.6) is 0 Å². The minimum Gasteiger partial charge on any atom is -0.462 e. The van der Waals surface area contributed by atoms with Crippen LogP contribution < -0.4 is 0 Å². The predicted octanol–water partition coefficient (Wildman–Crippen LogP) is 17.8. The van der Waals surface area contributed by atoms with Gasteiger partial charge in [-0.05, 0) is 89.9 Å². The highest BCUT2D eigenvalue weighted by Crippen LogP contribution is 2.15. The predicted molar refractivity (Wildman–Crippen MR) is 279 cm³/mol. The van der Waals surface area contributed by atoms with Crippen molar-refractivity contribution in [3.63, 3.8) is 0 Å². The lowest BCUT2D eigenvalue weighted by atomic mass is 10.0. The number of hydrogen-bond acceptors (Lipinski definition) is 6. The van der Waals surface area contributed by atoms with Crippen LogP contribution in [0.2, 0.25) is 0 Å². The number of unbranched alkanes of at least 4 members (excludes halogenated alkanes) is 20. The van der Waals surface area contributed by atoms with Gasteiger partial charge in [-0.2, -0.15) is 0 Å². The molecule has 0 radical (unpaired) electrons. The van der Waals surface area contributed by atoms with Gasteiger partial charge in [-0.15, -0.1) is 0 Å². The zero-order chi connectivity index (χ0) is 47.2. The second-order valence-corrected chi connectivity index (χ2v) is 17.4. The number of allylic oxidation sites excluding steroid dienone is 16. The number of esters is 3. The Morgan fingerprint density at radius 1 is 0.323 bits per heavy atom. The van der Waals surface area contributed by atoms with Crippen LogP contribution in [-0.4, -0.2) is 37.2 Å². The van der Waals surface area contributed by atoms with Gasteiger partial charge in [0.25, 0.3) is 0 Å². The van der Waals surface area contributed by atoms with Crippen LogP contribution in [0.1, 0.15) is 239 Å². The molecule has 0 fully saturated rings. The fourth-order valence-electron chi connectivity index (χ4n) is 7.14. The molecular formula is C59H98O6. The molecule has 0 saturated heterocycles. The van der Waals surface area contributed by atoms with Crippen molar-refractivity contribution in [2.75, 3.05) is 13.2 Å². The van der Waals surface area contributed by atoms with Gasteiger partial charge in [0.15, 0.2) is 6.10 Å². The molecule has 0 aromatic carbocycles. The molecule has 1 unspecified atom stereocenters. The van der Waals surface area contributed by atoms with Crippen molar-refractivity contribution in [1.29, 1.82) is 0 Å². The molecule has 0 bridgehead atoms. The summed E-state index contributed by atoms with van der Waals surface area (Å²) < 4.78 is 16.8. The first kappa shape index (κ1) is 61.3. The highest BCUT2D eigenvalue weighted by Gasteiger charge is 2.19. The fraction of sp³-hybridized carbons (Fsp3) is 0.678. The van der Waals surface area contributed by atoms with E-state index in [0.717, 1.165) is 109 Å². The molecule has 0 aliphatic carbocycles. The molecule has 0 aliphatic rings. The summed E-state index contributed by atoms with van der Waals surface area (Å²) in [4.78, 5) is 38.0. The molecule has 1 atom stereocenters. The number of hydrogen-bond donors (Lipinski definition) is 0. The van der Waals surface area contributed by atoms with Crippen LogP contribution >= 0.6 is 0 Å². The minimum atomic E-state index is -0.806. The van der Waals surface area contributed by atoms with Crippen molar-refractivity contribution in [3.05, 3.63) is 97.2 Å². The summed E-state index contributed by atoms with van der Waals surface area (Å²) in [6.45, 7) is 6.36. The zero-order valence-corrected chi connectivity index (χ0v) is 42.2. The van der Waals surface area contributed by atoms with Gasteiger partial charge in [0.2, 0.25) is 0 Å². The molecule has 0 amide bonds. The Hall–Kier alpha value is -3.67. The molecule has 0 aromatic heterocycles. The summed E-state index contributed by atoms with van der Waals surface area (Å²) >= 11 is 0. The highest BCUT2D eigenvalue weighted by molar-refractivity contribution is 5.71.